The van der Waals surface area contributed by atoms with E-state index < -0.39 is 11.8 Å². The van der Waals surface area contributed by atoms with Gasteiger partial charge in [0.15, 0.2) is 0 Å². The Labute approximate surface area is 230 Å². The molecule has 2 aromatic heterocycles. The molecule has 9 nitrogen and oxygen atoms in total. The fourth-order valence-corrected chi connectivity index (χ4v) is 6.31. The summed E-state index contributed by atoms with van der Waals surface area (Å²) in [7, 11) is 0. The number of carbonyl (C=O) groups is 3. The standard InChI is InChI=1S/C31H30N4O5/c1-31(2,3)39-30(38)40-35-14-13-34-17-23(21-11-5-8-19(15-35)27(21)34)25-24(28(36)32-29(25)37)22-16-33-12-6-9-18-7-4-10-20(22)26(18)33/h4-5,7-8,10-11,16-17H,6,9,12-15H2,1-3H3,(H,32,36,37). The molecule has 0 spiro atoms. The predicted octanol–water partition coefficient (Wildman–Crippen LogP) is 4.79. The van der Waals surface area contributed by atoms with E-state index in [1.54, 1.807) is 25.8 Å². The van der Waals surface area contributed by atoms with Crippen molar-refractivity contribution in [1.82, 2.24) is 19.5 Å². The number of aryl methyl sites for hydroxylation is 2. The third kappa shape index (κ3) is 3.92. The maximum absolute atomic E-state index is 13.4. The lowest BCUT2D eigenvalue weighted by Gasteiger charge is -2.23. The monoisotopic (exact) mass is 538 g/mol. The molecule has 3 aliphatic rings. The summed E-state index contributed by atoms with van der Waals surface area (Å²) in [4.78, 5) is 44.5. The van der Waals surface area contributed by atoms with Crippen molar-refractivity contribution in [3.05, 3.63) is 71.0 Å². The number of nitrogens with zero attached hydrogens (tertiary/aromatic N) is 3. The van der Waals surface area contributed by atoms with Crippen molar-refractivity contribution in [3.8, 4) is 0 Å². The zero-order valence-electron chi connectivity index (χ0n) is 22.7. The van der Waals surface area contributed by atoms with Crippen LogP contribution in [0.4, 0.5) is 4.79 Å². The lowest BCUT2D eigenvalue weighted by atomic mass is 9.94. The molecule has 9 heteroatoms. The van der Waals surface area contributed by atoms with Crippen molar-refractivity contribution in [1.29, 1.82) is 0 Å². The van der Waals surface area contributed by atoms with Gasteiger partial charge in [0.1, 0.15) is 5.60 Å². The van der Waals surface area contributed by atoms with E-state index in [0.717, 1.165) is 57.9 Å². The van der Waals surface area contributed by atoms with Gasteiger partial charge in [-0.05, 0) is 44.7 Å². The fourth-order valence-electron chi connectivity index (χ4n) is 6.31. The predicted molar refractivity (Wildman–Crippen MR) is 150 cm³/mol. The van der Waals surface area contributed by atoms with E-state index in [1.807, 2.05) is 42.7 Å². The number of hydrogen-bond acceptors (Lipinski definition) is 6. The first kappa shape index (κ1) is 24.7. The van der Waals surface area contributed by atoms with Crippen molar-refractivity contribution in [2.75, 3.05) is 6.54 Å². The molecular formula is C31H30N4O5. The van der Waals surface area contributed by atoms with Crippen LogP contribution in [0, 0.1) is 0 Å². The van der Waals surface area contributed by atoms with E-state index in [2.05, 4.69) is 20.5 Å². The van der Waals surface area contributed by atoms with Crippen molar-refractivity contribution in [2.45, 2.75) is 58.8 Å². The van der Waals surface area contributed by atoms with Gasteiger partial charge < -0.3 is 18.7 Å². The van der Waals surface area contributed by atoms with Gasteiger partial charge in [0.2, 0.25) is 0 Å². The highest BCUT2D eigenvalue weighted by molar-refractivity contribution is 6.50. The van der Waals surface area contributed by atoms with Gasteiger partial charge in [0.05, 0.1) is 35.3 Å². The largest absolute Gasteiger partial charge is 0.528 e. The fraction of sp³-hybridized carbons (Fsp3) is 0.323. The van der Waals surface area contributed by atoms with Gasteiger partial charge in [-0.1, -0.05) is 36.4 Å². The number of nitrogens with one attached hydrogen (secondary N) is 1. The first-order valence-electron chi connectivity index (χ1n) is 13.7. The third-order valence-corrected chi connectivity index (χ3v) is 7.81. The van der Waals surface area contributed by atoms with E-state index >= 15 is 0 Å². The molecule has 1 N–H and O–H groups in total. The average Bonchev–Trinajstić information content (AvgIpc) is 3.49. The SMILES string of the molecule is CC(C)(C)OC(=O)ON1CCn2cc(C3=C(c4cn5c6c(cccc46)CCC5)C(=O)NC3=O)c3cccc(c32)C1. The number of carbonyl (C=O) groups excluding carboxylic acids is 3. The summed E-state index contributed by atoms with van der Waals surface area (Å²) in [6.45, 7) is 7.59. The van der Waals surface area contributed by atoms with Crippen molar-refractivity contribution < 1.29 is 24.0 Å². The van der Waals surface area contributed by atoms with E-state index in [9.17, 15) is 14.4 Å². The Bertz CT molecular complexity index is 1780. The summed E-state index contributed by atoms with van der Waals surface area (Å²) in [5.41, 5.74) is 6.00. The van der Waals surface area contributed by atoms with Gasteiger partial charge in [-0.25, -0.2) is 4.79 Å². The maximum atomic E-state index is 13.4. The van der Waals surface area contributed by atoms with Crippen LogP contribution in [0.3, 0.4) is 0 Å². The third-order valence-electron chi connectivity index (χ3n) is 7.81. The Balaban J connectivity index is 1.34. The molecule has 40 heavy (non-hydrogen) atoms. The number of hydroxylamine groups is 2. The summed E-state index contributed by atoms with van der Waals surface area (Å²) in [6, 6.07) is 12.1. The van der Waals surface area contributed by atoms with E-state index in [1.165, 1.54) is 5.56 Å². The number of hydrogen-bond donors (Lipinski definition) is 1. The Morgan fingerprint density at radius 1 is 0.825 bits per heavy atom. The first-order valence-corrected chi connectivity index (χ1v) is 13.7. The molecule has 0 saturated heterocycles. The molecule has 0 bridgehead atoms. The van der Waals surface area contributed by atoms with Crippen molar-refractivity contribution in [2.24, 2.45) is 0 Å². The number of rotatable bonds is 3. The Kier molecular flexibility index (Phi) is 5.44. The highest BCUT2D eigenvalue weighted by Crippen LogP contribution is 2.41. The summed E-state index contributed by atoms with van der Waals surface area (Å²) in [6.07, 6.45) is 5.28. The smallest absolute Gasteiger partial charge is 0.427 e. The highest BCUT2D eigenvalue weighted by atomic mass is 16.8. The molecule has 5 heterocycles. The molecule has 0 fully saturated rings. The lowest BCUT2D eigenvalue weighted by Crippen LogP contribution is -2.32. The van der Waals surface area contributed by atoms with Crippen LogP contribution in [0.1, 0.15) is 49.4 Å². The van der Waals surface area contributed by atoms with E-state index in [-0.39, 0.29) is 11.8 Å². The van der Waals surface area contributed by atoms with Gasteiger partial charge in [-0.15, -0.1) is 5.06 Å². The minimum atomic E-state index is -0.742. The minimum Gasteiger partial charge on any atom is -0.427 e. The molecule has 0 atom stereocenters. The summed E-state index contributed by atoms with van der Waals surface area (Å²) >= 11 is 0. The summed E-state index contributed by atoms with van der Waals surface area (Å²) in [5.74, 6) is -0.756. The molecule has 0 unspecified atom stereocenters. The van der Waals surface area contributed by atoms with Crippen molar-refractivity contribution >= 4 is 50.9 Å². The van der Waals surface area contributed by atoms with Crippen LogP contribution in [0.2, 0.25) is 0 Å². The van der Waals surface area contributed by atoms with Crippen molar-refractivity contribution in [3.63, 3.8) is 0 Å². The molecule has 0 saturated carbocycles. The Morgan fingerprint density at radius 2 is 1.43 bits per heavy atom. The molecule has 2 amide bonds. The molecule has 2 aromatic carbocycles. The number of amides is 2. The highest BCUT2D eigenvalue weighted by Gasteiger charge is 2.36. The van der Waals surface area contributed by atoms with Crippen LogP contribution in [-0.4, -0.2) is 44.3 Å². The van der Waals surface area contributed by atoms with Gasteiger partial charge in [-0.2, -0.15) is 0 Å². The van der Waals surface area contributed by atoms with E-state index in [4.69, 9.17) is 9.57 Å². The average molecular weight is 539 g/mol. The zero-order valence-corrected chi connectivity index (χ0v) is 22.7. The zero-order chi connectivity index (χ0) is 27.8. The molecule has 0 radical (unpaired) electrons. The lowest BCUT2D eigenvalue weighted by molar-refractivity contribution is -0.148. The van der Waals surface area contributed by atoms with Gasteiger partial charge in [-0.3, -0.25) is 14.9 Å². The quantitative estimate of drug-likeness (QED) is 0.298. The normalized spacial score (nSPS) is 17.5. The van der Waals surface area contributed by atoms with E-state index in [0.29, 0.717) is 30.8 Å². The van der Waals surface area contributed by atoms with Crippen LogP contribution in [-0.2, 0) is 45.2 Å². The number of para-hydroxylation sites is 2. The number of ether oxygens (including phenoxy) is 1. The van der Waals surface area contributed by atoms with Gasteiger partial charge in [0.25, 0.3) is 11.8 Å². The van der Waals surface area contributed by atoms with Crippen LogP contribution < -0.4 is 5.32 Å². The molecule has 4 aromatic rings. The Morgan fingerprint density at radius 3 is 2.08 bits per heavy atom. The van der Waals surface area contributed by atoms with Crippen LogP contribution in [0.25, 0.3) is 33.0 Å². The summed E-state index contributed by atoms with van der Waals surface area (Å²) in [5, 5.41) is 6.04. The van der Waals surface area contributed by atoms with Gasteiger partial charge in [0, 0.05) is 47.4 Å². The molecule has 0 aliphatic carbocycles. The second-order valence-electron chi connectivity index (χ2n) is 11.7. The second-order valence-corrected chi connectivity index (χ2v) is 11.7. The van der Waals surface area contributed by atoms with Gasteiger partial charge >= 0.3 is 6.16 Å². The molecule has 7 rings (SSSR count). The minimum absolute atomic E-state index is 0.368. The molecule has 204 valence electrons. The number of imide groups is 1. The summed E-state index contributed by atoms with van der Waals surface area (Å²) < 4.78 is 9.62. The second kappa shape index (κ2) is 8.82. The first-order chi connectivity index (χ1) is 19.2. The number of benzene rings is 2. The molecular weight excluding hydrogens is 508 g/mol. The van der Waals surface area contributed by atoms with Crippen LogP contribution >= 0.6 is 0 Å². The topological polar surface area (TPSA) is 94.8 Å². The maximum Gasteiger partial charge on any atom is 0.528 e. The number of aromatic nitrogens is 2. The van der Waals surface area contributed by atoms with Crippen LogP contribution in [0.15, 0.2) is 48.8 Å². The Hall–Kier alpha value is -4.37. The van der Waals surface area contributed by atoms with Crippen LogP contribution in [0.5, 0.6) is 0 Å². The molecule has 3 aliphatic heterocycles.